The number of unbranched alkanes of at least 4 members (excludes halogenated alkanes) is 1. The average molecular weight is 471 g/mol. The van der Waals surface area contributed by atoms with Crippen LogP contribution in [-0.4, -0.2) is 46.6 Å². The van der Waals surface area contributed by atoms with Crippen LogP contribution in [0, 0.1) is 11.8 Å². The fraction of sp³-hybridized carbons (Fsp3) is 0.423. The number of hydrogen-bond donors (Lipinski definition) is 2. The molecule has 3 heterocycles. The fourth-order valence-electron chi connectivity index (χ4n) is 5.03. The van der Waals surface area contributed by atoms with E-state index in [1.165, 1.54) is 25.7 Å². The highest BCUT2D eigenvalue weighted by Crippen LogP contribution is 2.34. The molecule has 2 N–H and O–H groups in total. The first-order valence-electron chi connectivity index (χ1n) is 12.4. The van der Waals surface area contributed by atoms with Crippen molar-refractivity contribution in [1.29, 1.82) is 0 Å². The molecule has 0 amide bonds. The number of carbonyl (C=O) groups is 1. The number of aromatic nitrogens is 8. The molecular formula is C26H30N8O. The van der Waals surface area contributed by atoms with Gasteiger partial charge in [-0.05, 0) is 40.8 Å². The second-order valence-corrected chi connectivity index (χ2v) is 9.35. The average Bonchev–Trinajstić information content (AvgIpc) is 3.61. The summed E-state index contributed by atoms with van der Waals surface area (Å²) in [4.78, 5) is 22.2. The second-order valence-electron chi connectivity index (χ2n) is 9.35. The smallest absolute Gasteiger partial charge is 0.217 e. The number of benzene rings is 1. The van der Waals surface area contributed by atoms with E-state index in [1.807, 2.05) is 42.6 Å². The van der Waals surface area contributed by atoms with Gasteiger partial charge in [-0.1, -0.05) is 69.4 Å². The van der Waals surface area contributed by atoms with Gasteiger partial charge in [-0.3, -0.25) is 14.9 Å². The Kier molecular flexibility index (Phi) is 7.02. The Bertz CT molecular complexity index is 1250. The maximum Gasteiger partial charge on any atom is 0.217 e. The molecule has 1 aliphatic rings. The normalized spacial score (nSPS) is 18.0. The number of nitrogens with zero attached hydrogens (tertiary/aromatic N) is 6. The molecule has 0 saturated heterocycles. The highest BCUT2D eigenvalue weighted by Gasteiger charge is 2.29. The van der Waals surface area contributed by atoms with Crippen LogP contribution in [0.15, 0.2) is 42.6 Å². The largest absolute Gasteiger partial charge is 0.290 e. The molecule has 2 atom stereocenters. The molecule has 5 rings (SSSR count). The van der Waals surface area contributed by atoms with Crippen molar-refractivity contribution in [3.05, 3.63) is 59.9 Å². The van der Waals surface area contributed by atoms with Crippen LogP contribution in [0.3, 0.4) is 0 Å². The number of ketones is 1. The van der Waals surface area contributed by atoms with Crippen molar-refractivity contribution < 1.29 is 4.79 Å². The Labute approximate surface area is 204 Å². The molecule has 1 aliphatic carbocycles. The number of Topliss-reactive ketones (excluding diaryl/α,β-unsaturated/α-hetero) is 1. The molecular weight excluding hydrogens is 440 g/mol. The molecule has 1 saturated carbocycles. The minimum atomic E-state index is 0.0475. The Balaban J connectivity index is 1.25. The van der Waals surface area contributed by atoms with E-state index in [0.29, 0.717) is 29.8 Å². The molecule has 1 aromatic carbocycles. The summed E-state index contributed by atoms with van der Waals surface area (Å²) in [7, 11) is 0. The predicted octanol–water partition coefficient (Wildman–Crippen LogP) is 4.82. The van der Waals surface area contributed by atoms with Gasteiger partial charge in [0.15, 0.2) is 5.82 Å². The number of nitrogens with one attached hydrogen (secondary N) is 2. The predicted molar refractivity (Wildman–Crippen MR) is 131 cm³/mol. The van der Waals surface area contributed by atoms with Gasteiger partial charge in [-0.25, -0.2) is 10.1 Å². The molecule has 9 nitrogen and oxygen atoms in total. The quantitative estimate of drug-likeness (QED) is 0.336. The minimum Gasteiger partial charge on any atom is -0.290 e. The van der Waals surface area contributed by atoms with E-state index in [-0.39, 0.29) is 11.7 Å². The standard InChI is InChI=1S/C26H30N8O/c1-2-3-7-17-8-6-9-18(14-17)24(35)26-28-23(29-30-26)15-20-13-12-19(16-27-20)21-10-4-5-11-22(21)25-31-33-34-32-25/h4-5,10-13,16-18H,2-3,6-9,14-15H2,1H3,(H,28,29,30)(H,31,32,33,34). The lowest BCUT2D eigenvalue weighted by Gasteiger charge is -2.27. The highest BCUT2D eigenvalue weighted by atomic mass is 16.1. The second kappa shape index (κ2) is 10.7. The molecule has 2 unspecified atom stereocenters. The van der Waals surface area contributed by atoms with Crippen LogP contribution in [-0.2, 0) is 6.42 Å². The van der Waals surface area contributed by atoms with Crippen LogP contribution < -0.4 is 0 Å². The molecule has 4 aromatic rings. The summed E-state index contributed by atoms with van der Waals surface area (Å²) < 4.78 is 0. The fourth-order valence-corrected chi connectivity index (χ4v) is 5.03. The first-order chi connectivity index (χ1) is 17.2. The molecule has 0 radical (unpaired) electrons. The summed E-state index contributed by atoms with van der Waals surface area (Å²) in [6.45, 7) is 2.22. The summed E-state index contributed by atoms with van der Waals surface area (Å²) in [6, 6.07) is 11.9. The van der Waals surface area contributed by atoms with Crippen LogP contribution >= 0.6 is 0 Å². The SMILES string of the molecule is CCCCC1CCCC(C(=O)c2n[nH]c(Cc3ccc(-c4ccccc4-c4nnn[nH]4)cn3)n2)C1. The number of H-pyrrole nitrogens is 2. The van der Waals surface area contributed by atoms with Gasteiger partial charge < -0.3 is 0 Å². The van der Waals surface area contributed by atoms with Gasteiger partial charge in [-0.15, -0.1) is 5.10 Å². The monoisotopic (exact) mass is 470 g/mol. The zero-order chi connectivity index (χ0) is 24.0. The highest BCUT2D eigenvalue weighted by molar-refractivity contribution is 5.94. The van der Waals surface area contributed by atoms with Crippen molar-refractivity contribution in [2.75, 3.05) is 0 Å². The van der Waals surface area contributed by atoms with Crippen molar-refractivity contribution in [2.24, 2.45) is 11.8 Å². The van der Waals surface area contributed by atoms with Crippen molar-refractivity contribution in [3.63, 3.8) is 0 Å². The van der Waals surface area contributed by atoms with Gasteiger partial charge in [0.05, 0.1) is 0 Å². The van der Waals surface area contributed by atoms with Gasteiger partial charge in [0.25, 0.3) is 0 Å². The van der Waals surface area contributed by atoms with Gasteiger partial charge in [0.1, 0.15) is 5.82 Å². The molecule has 180 valence electrons. The first kappa shape index (κ1) is 23.0. The number of aromatic amines is 2. The lowest BCUT2D eigenvalue weighted by Crippen LogP contribution is -2.24. The van der Waals surface area contributed by atoms with E-state index < -0.39 is 0 Å². The molecule has 35 heavy (non-hydrogen) atoms. The van der Waals surface area contributed by atoms with E-state index in [1.54, 1.807) is 0 Å². The van der Waals surface area contributed by atoms with Crippen LogP contribution in [0.4, 0.5) is 0 Å². The van der Waals surface area contributed by atoms with Crippen LogP contribution in [0.5, 0.6) is 0 Å². The van der Waals surface area contributed by atoms with E-state index in [2.05, 4.69) is 47.7 Å². The van der Waals surface area contributed by atoms with E-state index in [4.69, 9.17) is 0 Å². The Hall–Kier alpha value is -3.75. The minimum absolute atomic E-state index is 0.0475. The number of carbonyl (C=O) groups excluding carboxylic acids is 1. The zero-order valence-corrected chi connectivity index (χ0v) is 19.9. The maximum absolute atomic E-state index is 13.0. The number of hydrogen-bond acceptors (Lipinski definition) is 7. The molecule has 0 aliphatic heterocycles. The Morgan fingerprint density at radius 1 is 1.09 bits per heavy atom. The van der Waals surface area contributed by atoms with Crippen molar-refractivity contribution in [3.8, 4) is 22.5 Å². The third-order valence-corrected chi connectivity index (χ3v) is 6.88. The van der Waals surface area contributed by atoms with E-state index in [0.717, 1.165) is 41.6 Å². The van der Waals surface area contributed by atoms with E-state index >= 15 is 0 Å². The van der Waals surface area contributed by atoms with Crippen molar-refractivity contribution in [2.45, 2.75) is 58.3 Å². The van der Waals surface area contributed by atoms with Crippen molar-refractivity contribution >= 4 is 5.78 Å². The van der Waals surface area contributed by atoms with Gasteiger partial charge >= 0.3 is 0 Å². The Morgan fingerprint density at radius 2 is 1.97 bits per heavy atom. The summed E-state index contributed by atoms with van der Waals surface area (Å²) in [5, 5.41) is 21.4. The summed E-state index contributed by atoms with van der Waals surface area (Å²) >= 11 is 0. The third kappa shape index (κ3) is 5.34. The van der Waals surface area contributed by atoms with Crippen LogP contribution in [0.25, 0.3) is 22.5 Å². The van der Waals surface area contributed by atoms with Crippen LogP contribution in [0.2, 0.25) is 0 Å². The van der Waals surface area contributed by atoms with Crippen LogP contribution in [0.1, 0.15) is 74.0 Å². The molecule has 3 aromatic heterocycles. The van der Waals surface area contributed by atoms with Gasteiger partial charge in [-0.2, -0.15) is 5.10 Å². The lowest BCUT2D eigenvalue weighted by molar-refractivity contribution is 0.0848. The number of pyridine rings is 1. The molecule has 1 fully saturated rings. The van der Waals surface area contributed by atoms with Gasteiger partial charge in [0, 0.05) is 35.4 Å². The summed E-state index contributed by atoms with van der Waals surface area (Å²) in [5.41, 5.74) is 3.71. The summed E-state index contributed by atoms with van der Waals surface area (Å²) in [5.74, 6) is 2.36. The molecule has 0 bridgehead atoms. The summed E-state index contributed by atoms with van der Waals surface area (Å²) in [6.07, 6.45) is 10.3. The first-order valence-corrected chi connectivity index (χ1v) is 12.4. The van der Waals surface area contributed by atoms with E-state index in [9.17, 15) is 4.79 Å². The number of tetrazole rings is 1. The Morgan fingerprint density at radius 3 is 2.74 bits per heavy atom. The topological polar surface area (TPSA) is 126 Å². The molecule has 9 heteroatoms. The number of rotatable bonds is 9. The van der Waals surface area contributed by atoms with Crippen molar-refractivity contribution in [1.82, 2.24) is 40.8 Å². The maximum atomic E-state index is 13.0. The third-order valence-electron chi connectivity index (χ3n) is 6.88. The van der Waals surface area contributed by atoms with Gasteiger partial charge in [0.2, 0.25) is 11.6 Å². The molecule has 0 spiro atoms. The zero-order valence-electron chi connectivity index (χ0n) is 19.9. The lowest BCUT2D eigenvalue weighted by atomic mass is 9.77.